The van der Waals surface area contributed by atoms with E-state index < -0.39 is 0 Å². The molecule has 1 aromatic carbocycles. The lowest BCUT2D eigenvalue weighted by Gasteiger charge is -2.29. The normalized spacial score (nSPS) is 20.0. The van der Waals surface area contributed by atoms with Crippen molar-refractivity contribution in [2.75, 3.05) is 11.9 Å². The SMILES string of the molecule is Cc1ccc(C)c(NC(=O)CCN2C(=S)N[C@@H](c3ccccn3)[C@@H]2c2cc(C)n(C3CCCCC3)c2C)c1. The Morgan fingerprint density at radius 2 is 1.87 bits per heavy atom. The quantitative estimate of drug-likeness (QED) is 0.337. The molecule has 1 amide bonds. The highest BCUT2D eigenvalue weighted by molar-refractivity contribution is 7.80. The van der Waals surface area contributed by atoms with Crippen molar-refractivity contribution in [2.45, 2.75) is 84.3 Å². The predicted octanol–water partition coefficient (Wildman–Crippen LogP) is 6.62. The number of carbonyl (C=O) groups excluding carboxylic acids is 1. The van der Waals surface area contributed by atoms with Crippen molar-refractivity contribution in [3.8, 4) is 0 Å². The molecule has 1 saturated heterocycles. The molecule has 0 bridgehead atoms. The molecule has 38 heavy (non-hydrogen) atoms. The third-order valence-corrected chi connectivity index (χ3v) is 8.58. The molecule has 200 valence electrons. The van der Waals surface area contributed by atoms with Crippen molar-refractivity contribution in [1.82, 2.24) is 19.8 Å². The highest BCUT2D eigenvalue weighted by atomic mass is 32.1. The Labute approximate surface area is 231 Å². The number of aromatic nitrogens is 2. The van der Waals surface area contributed by atoms with Gasteiger partial charge in [-0.3, -0.25) is 9.78 Å². The molecule has 1 saturated carbocycles. The number of benzene rings is 1. The average molecular weight is 530 g/mol. The lowest BCUT2D eigenvalue weighted by molar-refractivity contribution is -0.116. The van der Waals surface area contributed by atoms with Gasteiger partial charge in [0, 0.05) is 42.3 Å². The summed E-state index contributed by atoms with van der Waals surface area (Å²) in [6, 6.07) is 14.9. The minimum absolute atomic E-state index is 0.00536. The van der Waals surface area contributed by atoms with Crippen LogP contribution in [0.3, 0.4) is 0 Å². The fraction of sp³-hybridized carbons (Fsp3) is 0.452. The second-order valence-electron chi connectivity index (χ2n) is 10.9. The summed E-state index contributed by atoms with van der Waals surface area (Å²) in [6.45, 7) is 9.06. The van der Waals surface area contributed by atoms with Gasteiger partial charge < -0.3 is 20.1 Å². The Bertz CT molecular complexity index is 1310. The maximum atomic E-state index is 13.0. The lowest BCUT2D eigenvalue weighted by atomic mass is 9.94. The lowest BCUT2D eigenvalue weighted by Crippen LogP contribution is -2.33. The molecule has 2 fully saturated rings. The van der Waals surface area contributed by atoms with Gasteiger partial charge in [-0.25, -0.2) is 0 Å². The van der Waals surface area contributed by atoms with Crippen LogP contribution in [0.15, 0.2) is 48.7 Å². The molecular formula is C31H39N5OS. The van der Waals surface area contributed by atoms with Crippen LogP contribution in [0.1, 0.15) is 90.4 Å². The van der Waals surface area contributed by atoms with Crippen LogP contribution in [0.25, 0.3) is 0 Å². The Hall–Kier alpha value is -3.19. The second-order valence-corrected chi connectivity index (χ2v) is 11.3. The first-order chi connectivity index (χ1) is 18.3. The number of anilines is 1. The number of amides is 1. The van der Waals surface area contributed by atoms with E-state index in [1.54, 1.807) is 0 Å². The van der Waals surface area contributed by atoms with Gasteiger partial charge in [0.2, 0.25) is 5.91 Å². The van der Waals surface area contributed by atoms with E-state index in [0.29, 0.717) is 24.1 Å². The second kappa shape index (κ2) is 11.3. The number of rotatable bonds is 7. The van der Waals surface area contributed by atoms with Crippen LogP contribution in [0.2, 0.25) is 0 Å². The molecule has 3 heterocycles. The van der Waals surface area contributed by atoms with Gasteiger partial charge in [0.25, 0.3) is 0 Å². The summed E-state index contributed by atoms with van der Waals surface area (Å²) in [5.41, 5.74) is 7.89. The molecule has 2 aliphatic rings. The Balaban J connectivity index is 1.43. The Kier molecular flexibility index (Phi) is 7.84. The zero-order chi connectivity index (χ0) is 26.8. The number of pyridine rings is 1. The average Bonchev–Trinajstić information content (AvgIpc) is 3.40. The highest BCUT2D eigenvalue weighted by Crippen LogP contribution is 2.42. The fourth-order valence-electron chi connectivity index (χ4n) is 6.29. The summed E-state index contributed by atoms with van der Waals surface area (Å²) >= 11 is 5.87. The molecule has 1 aliphatic carbocycles. The van der Waals surface area contributed by atoms with Gasteiger partial charge in [0.15, 0.2) is 5.11 Å². The van der Waals surface area contributed by atoms with Crippen molar-refractivity contribution < 1.29 is 4.79 Å². The monoisotopic (exact) mass is 529 g/mol. The number of nitrogens with one attached hydrogen (secondary N) is 2. The summed E-state index contributed by atoms with van der Waals surface area (Å²) in [5, 5.41) is 7.33. The number of nitrogens with zero attached hydrogens (tertiary/aromatic N) is 3. The molecule has 0 spiro atoms. The van der Waals surface area contributed by atoms with Gasteiger partial charge in [-0.2, -0.15) is 0 Å². The zero-order valence-electron chi connectivity index (χ0n) is 23.0. The molecule has 6 nitrogen and oxygen atoms in total. The molecular weight excluding hydrogens is 490 g/mol. The minimum Gasteiger partial charge on any atom is -0.352 e. The molecule has 0 unspecified atom stereocenters. The Morgan fingerprint density at radius 1 is 1.08 bits per heavy atom. The molecule has 7 heteroatoms. The van der Waals surface area contributed by atoms with Crippen molar-refractivity contribution >= 4 is 28.9 Å². The molecule has 2 atom stereocenters. The van der Waals surface area contributed by atoms with Crippen LogP contribution in [0.4, 0.5) is 5.69 Å². The first-order valence-electron chi connectivity index (χ1n) is 13.9. The van der Waals surface area contributed by atoms with Gasteiger partial charge in [0.05, 0.1) is 17.8 Å². The fourth-order valence-corrected chi connectivity index (χ4v) is 6.63. The molecule has 2 aromatic heterocycles. The minimum atomic E-state index is -0.0777. The van der Waals surface area contributed by atoms with E-state index in [9.17, 15) is 4.79 Å². The van der Waals surface area contributed by atoms with Crippen LogP contribution >= 0.6 is 12.2 Å². The summed E-state index contributed by atoms with van der Waals surface area (Å²) in [6.07, 6.45) is 8.59. The van der Waals surface area contributed by atoms with Crippen LogP contribution in [0, 0.1) is 27.7 Å². The van der Waals surface area contributed by atoms with Gasteiger partial charge in [-0.05, 0) is 93.7 Å². The van der Waals surface area contributed by atoms with Gasteiger partial charge in [0.1, 0.15) is 0 Å². The summed E-state index contributed by atoms with van der Waals surface area (Å²) in [4.78, 5) is 19.9. The van der Waals surface area contributed by atoms with Crippen molar-refractivity contribution in [1.29, 1.82) is 0 Å². The first kappa shape index (κ1) is 26.4. The third kappa shape index (κ3) is 5.35. The largest absolute Gasteiger partial charge is 0.352 e. The summed E-state index contributed by atoms with van der Waals surface area (Å²) in [5.74, 6) is -0.00536. The van der Waals surface area contributed by atoms with E-state index in [2.05, 4.69) is 57.1 Å². The number of aryl methyl sites for hydroxylation is 3. The maximum Gasteiger partial charge on any atom is 0.226 e. The first-order valence-corrected chi connectivity index (χ1v) is 14.3. The van der Waals surface area contributed by atoms with Crippen LogP contribution in [0.5, 0.6) is 0 Å². The smallest absolute Gasteiger partial charge is 0.226 e. The molecule has 5 rings (SSSR count). The highest BCUT2D eigenvalue weighted by Gasteiger charge is 2.41. The van der Waals surface area contributed by atoms with E-state index >= 15 is 0 Å². The van der Waals surface area contributed by atoms with E-state index in [4.69, 9.17) is 12.2 Å². The van der Waals surface area contributed by atoms with Crippen LogP contribution < -0.4 is 10.6 Å². The third-order valence-electron chi connectivity index (χ3n) is 8.23. The Morgan fingerprint density at radius 3 is 2.61 bits per heavy atom. The number of hydrogen-bond acceptors (Lipinski definition) is 3. The van der Waals surface area contributed by atoms with Crippen molar-refractivity contribution in [3.05, 3.63) is 82.4 Å². The maximum absolute atomic E-state index is 13.0. The van der Waals surface area contributed by atoms with Crippen LogP contribution in [-0.2, 0) is 4.79 Å². The van der Waals surface area contributed by atoms with Crippen LogP contribution in [-0.4, -0.2) is 32.0 Å². The topological polar surface area (TPSA) is 62.2 Å². The zero-order valence-corrected chi connectivity index (χ0v) is 23.8. The van der Waals surface area contributed by atoms with Gasteiger partial charge >= 0.3 is 0 Å². The molecule has 3 aromatic rings. The van der Waals surface area contributed by atoms with Gasteiger partial charge in [-0.1, -0.05) is 37.5 Å². The van der Waals surface area contributed by atoms with E-state index in [1.165, 1.54) is 49.1 Å². The van der Waals surface area contributed by atoms with E-state index in [0.717, 1.165) is 22.5 Å². The standard InChI is InChI=1S/C31H39N5OS/c1-20-13-14-21(2)27(18-20)33-28(37)15-17-35-30(29(34-31(35)38)26-12-8-9-16-32-26)25-19-22(3)36(23(25)4)24-10-6-5-7-11-24/h8-9,12-14,16,18-19,24,29-30H,5-7,10-11,15,17H2,1-4H3,(H,33,37)(H,34,38)/t29-,30-/m0/s1. The number of carbonyl (C=O) groups is 1. The summed E-state index contributed by atoms with van der Waals surface area (Å²) < 4.78 is 2.55. The molecule has 2 N–H and O–H groups in total. The van der Waals surface area contributed by atoms with Crippen molar-refractivity contribution in [2.24, 2.45) is 0 Å². The van der Waals surface area contributed by atoms with Crippen molar-refractivity contribution in [3.63, 3.8) is 0 Å². The predicted molar refractivity (Wildman–Crippen MR) is 157 cm³/mol. The number of thiocarbonyl (C=S) groups is 1. The number of hydrogen-bond donors (Lipinski definition) is 2. The molecule has 1 aliphatic heterocycles. The summed E-state index contributed by atoms with van der Waals surface area (Å²) in [7, 11) is 0. The molecule has 0 radical (unpaired) electrons. The van der Waals surface area contributed by atoms with E-state index in [-0.39, 0.29) is 18.0 Å². The van der Waals surface area contributed by atoms with Gasteiger partial charge in [-0.15, -0.1) is 0 Å². The van der Waals surface area contributed by atoms with E-state index in [1.807, 2.05) is 44.3 Å².